The zero-order valence-corrected chi connectivity index (χ0v) is 14.0. The van der Waals surface area contributed by atoms with Crippen LogP contribution in [0.15, 0.2) is 35.6 Å². The van der Waals surface area contributed by atoms with Crippen molar-refractivity contribution in [1.29, 1.82) is 0 Å². The van der Waals surface area contributed by atoms with Crippen LogP contribution in [0.1, 0.15) is 29.3 Å². The zero-order valence-electron chi connectivity index (χ0n) is 11.6. The molecule has 1 aliphatic rings. The van der Waals surface area contributed by atoms with Gasteiger partial charge >= 0.3 is 0 Å². The highest BCUT2D eigenvalue weighted by atomic mass is 35.5. The number of nitrogens with zero attached hydrogens (tertiary/aromatic N) is 2. The second-order valence-electron chi connectivity index (χ2n) is 5.37. The Kier molecular flexibility index (Phi) is 3.76. The first kappa shape index (κ1) is 14.4. The van der Waals surface area contributed by atoms with Gasteiger partial charge in [0.05, 0.1) is 32.0 Å². The maximum absolute atomic E-state index is 6.06. The highest BCUT2D eigenvalue weighted by Crippen LogP contribution is 2.42. The molecule has 0 spiro atoms. The van der Waals surface area contributed by atoms with E-state index in [2.05, 4.69) is 21.0 Å². The van der Waals surface area contributed by atoms with Crippen molar-refractivity contribution in [3.63, 3.8) is 0 Å². The number of halogens is 2. The molecule has 3 nitrogen and oxygen atoms in total. The Morgan fingerprint density at radius 3 is 3.00 bits per heavy atom. The van der Waals surface area contributed by atoms with E-state index in [0.717, 1.165) is 29.0 Å². The van der Waals surface area contributed by atoms with Gasteiger partial charge in [0, 0.05) is 6.20 Å². The van der Waals surface area contributed by atoms with E-state index in [4.69, 9.17) is 23.2 Å². The zero-order chi connectivity index (χ0) is 15.1. The molecule has 3 aromatic rings. The van der Waals surface area contributed by atoms with Crippen LogP contribution in [-0.2, 0) is 6.42 Å². The van der Waals surface area contributed by atoms with E-state index in [1.165, 1.54) is 17.7 Å². The molecule has 0 saturated heterocycles. The summed E-state index contributed by atoms with van der Waals surface area (Å²) in [7, 11) is 0. The minimum absolute atomic E-state index is 0.344. The van der Waals surface area contributed by atoms with Gasteiger partial charge in [-0.3, -0.25) is 4.98 Å². The number of hydrogen-bond acceptors (Lipinski definition) is 3. The highest BCUT2D eigenvalue weighted by molar-refractivity contribution is 7.99. The van der Waals surface area contributed by atoms with Crippen molar-refractivity contribution in [2.45, 2.75) is 29.7 Å². The van der Waals surface area contributed by atoms with Crippen LogP contribution < -0.4 is 0 Å². The SMILES string of the molecule is Clc1cc2nc(SC3CCCc4cccnc43)[nH]c2cc1Cl. The van der Waals surface area contributed by atoms with Crippen LogP contribution >= 0.6 is 35.0 Å². The van der Waals surface area contributed by atoms with Gasteiger partial charge in [-0.1, -0.05) is 41.0 Å². The number of rotatable bonds is 2. The first-order chi connectivity index (χ1) is 10.7. The maximum atomic E-state index is 6.06. The number of aromatic nitrogens is 3. The van der Waals surface area contributed by atoms with E-state index in [9.17, 15) is 0 Å². The minimum Gasteiger partial charge on any atom is -0.333 e. The van der Waals surface area contributed by atoms with Gasteiger partial charge in [0.1, 0.15) is 0 Å². The van der Waals surface area contributed by atoms with E-state index < -0.39 is 0 Å². The molecule has 0 saturated carbocycles. The van der Waals surface area contributed by atoms with E-state index in [-0.39, 0.29) is 0 Å². The number of nitrogens with one attached hydrogen (secondary N) is 1. The number of thioether (sulfide) groups is 1. The lowest BCUT2D eigenvalue weighted by atomic mass is 9.96. The van der Waals surface area contributed by atoms with Gasteiger partial charge in [0.15, 0.2) is 5.16 Å². The molecule has 2 heterocycles. The minimum atomic E-state index is 0.344. The van der Waals surface area contributed by atoms with Crippen LogP contribution in [0.25, 0.3) is 11.0 Å². The number of H-pyrrole nitrogens is 1. The van der Waals surface area contributed by atoms with Crippen LogP contribution in [0.3, 0.4) is 0 Å². The van der Waals surface area contributed by atoms with Gasteiger partial charge in [-0.15, -0.1) is 0 Å². The number of pyridine rings is 1. The summed E-state index contributed by atoms with van der Waals surface area (Å²) in [6.07, 6.45) is 5.29. The second kappa shape index (κ2) is 5.76. The predicted octanol–water partition coefficient (Wildman–Crippen LogP) is 5.43. The number of benzene rings is 1. The molecule has 1 aromatic carbocycles. The third kappa shape index (κ3) is 2.60. The summed E-state index contributed by atoms with van der Waals surface area (Å²) >= 11 is 13.8. The quantitative estimate of drug-likeness (QED) is 0.670. The van der Waals surface area contributed by atoms with E-state index in [1.807, 2.05) is 18.3 Å². The molecule has 2 aromatic heterocycles. The third-order valence-corrected chi connectivity index (χ3v) is 5.78. The van der Waals surface area contributed by atoms with Crippen molar-refractivity contribution in [3.8, 4) is 0 Å². The standard InChI is InChI=1S/C16H13Cl2N3S/c17-10-7-12-13(8-11(10)18)21-16(20-12)22-14-5-1-3-9-4-2-6-19-15(9)14/h2,4,6-8,14H,1,3,5H2,(H,20,21). The molecule has 1 aliphatic carbocycles. The maximum Gasteiger partial charge on any atom is 0.167 e. The summed E-state index contributed by atoms with van der Waals surface area (Å²) in [5.41, 5.74) is 4.30. The third-order valence-electron chi connectivity index (χ3n) is 3.90. The van der Waals surface area contributed by atoms with Gasteiger partial charge in [0.2, 0.25) is 0 Å². The van der Waals surface area contributed by atoms with Gasteiger partial charge in [-0.05, 0) is 43.0 Å². The van der Waals surface area contributed by atoms with E-state index in [1.54, 1.807) is 17.8 Å². The van der Waals surface area contributed by atoms with Crippen molar-refractivity contribution < 1.29 is 0 Å². The first-order valence-electron chi connectivity index (χ1n) is 7.16. The normalized spacial score (nSPS) is 17.6. The Bertz CT molecular complexity index is 808. The van der Waals surface area contributed by atoms with Crippen LogP contribution in [-0.4, -0.2) is 15.0 Å². The van der Waals surface area contributed by atoms with Crippen LogP contribution in [0, 0.1) is 0 Å². The molecule has 4 rings (SSSR count). The smallest absolute Gasteiger partial charge is 0.167 e. The van der Waals surface area contributed by atoms with Crippen molar-refractivity contribution in [3.05, 3.63) is 51.8 Å². The summed E-state index contributed by atoms with van der Waals surface area (Å²) < 4.78 is 0. The lowest BCUT2D eigenvalue weighted by Gasteiger charge is -2.22. The van der Waals surface area contributed by atoms with Gasteiger partial charge in [-0.2, -0.15) is 0 Å². The summed E-state index contributed by atoms with van der Waals surface area (Å²) in [5, 5.41) is 2.30. The van der Waals surface area contributed by atoms with Crippen molar-refractivity contribution in [2.24, 2.45) is 0 Å². The first-order valence-corrected chi connectivity index (χ1v) is 8.79. The Balaban J connectivity index is 1.67. The average molecular weight is 350 g/mol. The highest BCUT2D eigenvalue weighted by Gasteiger charge is 2.23. The molecule has 0 fully saturated rings. The molecule has 1 atom stereocenters. The number of aromatic amines is 1. The van der Waals surface area contributed by atoms with Gasteiger partial charge in [0.25, 0.3) is 0 Å². The number of imidazole rings is 1. The Hall–Kier alpha value is -1.23. The molecule has 0 aliphatic heterocycles. The second-order valence-corrected chi connectivity index (χ2v) is 7.38. The summed E-state index contributed by atoms with van der Waals surface area (Å²) in [6.45, 7) is 0. The average Bonchev–Trinajstić information content (AvgIpc) is 2.89. The van der Waals surface area contributed by atoms with Crippen molar-refractivity contribution >= 4 is 46.0 Å². The lowest BCUT2D eigenvalue weighted by molar-refractivity contribution is 0.654. The van der Waals surface area contributed by atoms with E-state index >= 15 is 0 Å². The molecule has 112 valence electrons. The Morgan fingerprint density at radius 1 is 1.23 bits per heavy atom. The van der Waals surface area contributed by atoms with E-state index in [0.29, 0.717) is 15.3 Å². The molecule has 1 N–H and O–H groups in total. The summed E-state index contributed by atoms with van der Waals surface area (Å²) in [5.74, 6) is 0. The van der Waals surface area contributed by atoms with Crippen molar-refractivity contribution in [2.75, 3.05) is 0 Å². The van der Waals surface area contributed by atoms with Crippen LogP contribution in [0.4, 0.5) is 0 Å². The molecule has 1 unspecified atom stereocenters. The largest absolute Gasteiger partial charge is 0.333 e. The Morgan fingerprint density at radius 2 is 2.09 bits per heavy atom. The van der Waals surface area contributed by atoms with Crippen LogP contribution in [0.2, 0.25) is 10.0 Å². The molecule has 0 amide bonds. The van der Waals surface area contributed by atoms with Crippen molar-refractivity contribution in [1.82, 2.24) is 15.0 Å². The molecule has 22 heavy (non-hydrogen) atoms. The number of aryl methyl sites for hydroxylation is 1. The van der Waals surface area contributed by atoms with Crippen LogP contribution in [0.5, 0.6) is 0 Å². The summed E-state index contributed by atoms with van der Waals surface area (Å²) in [4.78, 5) is 12.5. The fourth-order valence-corrected chi connectivity index (χ4v) is 4.37. The monoisotopic (exact) mass is 349 g/mol. The summed E-state index contributed by atoms with van der Waals surface area (Å²) in [6, 6.07) is 7.81. The fourth-order valence-electron chi connectivity index (χ4n) is 2.85. The molecule has 6 heteroatoms. The molecule has 0 bridgehead atoms. The fraction of sp³-hybridized carbons (Fsp3) is 0.250. The Labute approximate surface area is 142 Å². The predicted molar refractivity (Wildman–Crippen MR) is 91.9 cm³/mol. The lowest BCUT2D eigenvalue weighted by Crippen LogP contribution is -2.09. The number of fused-ring (bicyclic) bond motifs is 2. The molecule has 0 radical (unpaired) electrons. The molecular weight excluding hydrogens is 337 g/mol. The van der Waals surface area contributed by atoms with Gasteiger partial charge < -0.3 is 4.98 Å². The number of hydrogen-bond donors (Lipinski definition) is 1. The van der Waals surface area contributed by atoms with Gasteiger partial charge in [-0.25, -0.2) is 4.98 Å². The topological polar surface area (TPSA) is 41.6 Å². The molecular formula is C16H13Cl2N3S.